The van der Waals surface area contributed by atoms with Gasteiger partial charge in [-0.15, -0.1) is 0 Å². The molecule has 0 atom stereocenters. The molecule has 24 heavy (non-hydrogen) atoms. The summed E-state index contributed by atoms with van der Waals surface area (Å²) in [6.45, 7) is 8.68. The Kier molecular flexibility index (Phi) is 7.24. The molecule has 134 valence electrons. The van der Waals surface area contributed by atoms with Gasteiger partial charge in [0, 0.05) is 32.2 Å². The van der Waals surface area contributed by atoms with E-state index in [4.69, 9.17) is 4.74 Å². The number of carbonyl (C=O) groups is 1. The Morgan fingerprint density at radius 3 is 2.38 bits per heavy atom. The third kappa shape index (κ3) is 5.06. The van der Waals surface area contributed by atoms with Crippen LogP contribution in [0.5, 0.6) is 0 Å². The number of morpholine rings is 1. The normalized spacial score (nSPS) is 14.7. The van der Waals surface area contributed by atoms with E-state index in [1.165, 1.54) is 0 Å². The number of aromatic carboxylic acids is 1. The second-order valence-electron chi connectivity index (χ2n) is 6.01. The third-order valence-corrected chi connectivity index (χ3v) is 4.10. The molecule has 0 spiro atoms. The SMILES string of the molecule is CCCCN(CCCC)c1cc(C(=O)O)nc(N2CCOCC2)n1. The molecular formula is C17H28N4O3. The average Bonchev–Trinajstić information content (AvgIpc) is 2.62. The van der Waals surface area contributed by atoms with E-state index in [0.29, 0.717) is 38.1 Å². The number of ether oxygens (including phenoxy) is 1. The highest BCUT2D eigenvalue weighted by Gasteiger charge is 2.20. The van der Waals surface area contributed by atoms with Crippen LogP contribution in [0.2, 0.25) is 0 Å². The summed E-state index contributed by atoms with van der Waals surface area (Å²) in [4.78, 5) is 24.6. The van der Waals surface area contributed by atoms with Crippen LogP contribution in [0, 0.1) is 0 Å². The summed E-state index contributed by atoms with van der Waals surface area (Å²) in [6.07, 6.45) is 4.30. The van der Waals surface area contributed by atoms with Crippen molar-refractivity contribution in [1.29, 1.82) is 0 Å². The lowest BCUT2D eigenvalue weighted by molar-refractivity contribution is 0.0690. The summed E-state index contributed by atoms with van der Waals surface area (Å²) in [5.74, 6) is 0.191. The second-order valence-corrected chi connectivity index (χ2v) is 6.01. The topological polar surface area (TPSA) is 78.8 Å². The molecule has 7 heteroatoms. The van der Waals surface area contributed by atoms with Gasteiger partial charge >= 0.3 is 5.97 Å². The molecule has 1 aliphatic heterocycles. The largest absolute Gasteiger partial charge is 0.477 e. The Labute approximate surface area is 143 Å². The van der Waals surface area contributed by atoms with E-state index >= 15 is 0 Å². The van der Waals surface area contributed by atoms with E-state index in [-0.39, 0.29) is 5.69 Å². The van der Waals surface area contributed by atoms with Crippen molar-refractivity contribution in [3.8, 4) is 0 Å². The third-order valence-electron chi connectivity index (χ3n) is 4.10. The predicted octanol–water partition coefficient (Wildman–Crippen LogP) is 2.42. The highest BCUT2D eigenvalue weighted by molar-refractivity contribution is 5.86. The van der Waals surface area contributed by atoms with E-state index in [9.17, 15) is 9.90 Å². The summed E-state index contributed by atoms with van der Waals surface area (Å²) in [5, 5.41) is 9.41. The van der Waals surface area contributed by atoms with Gasteiger partial charge in [-0.05, 0) is 12.8 Å². The quantitative estimate of drug-likeness (QED) is 0.742. The summed E-state index contributed by atoms with van der Waals surface area (Å²) < 4.78 is 5.36. The maximum Gasteiger partial charge on any atom is 0.354 e. The van der Waals surface area contributed by atoms with Gasteiger partial charge in [-0.25, -0.2) is 9.78 Å². The molecule has 1 fully saturated rings. The molecule has 1 saturated heterocycles. The number of aromatic nitrogens is 2. The molecule has 2 heterocycles. The van der Waals surface area contributed by atoms with E-state index in [1.807, 2.05) is 4.90 Å². The monoisotopic (exact) mass is 336 g/mol. The van der Waals surface area contributed by atoms with Crippen LogP contribution in [-0.2, 0) is 4.74 Å². The minimum absolute atomic E-state index is 0.0551. The van der Waals surface area contributed by atoms with Crippen molar-refractivity contribution < 1.29 is 14.6 Å². The van der Waals surface area contributed by atoms with Gasteiger partial charge in [0.1, 0.15) is 5.82 Å². The first-order valence-corrected chi connectivity index (χ1v) is 8.85. The lowest BCUT2D eigenvalue weighted by Crippen LogP contribution is -2.38. The Morgan fingerprint density at radius 2 is 1.83 bits per heavy atom. The van der Waals surface area contributed by atoms with Crippen LogP contribution in [0.3, 0.4) is 0 Å². The number of carboxylic acid groups (broad SMARTS) is 1. The molecule has 0 unspecified atom stereocenters. The molecule has 1 aliphatic rings. The Morgan fingerprint density at radius 1 is 1.21 bits per heavy atom. The van der Waals surface area contributed by atoms with Gasteiger partial charge in [0.25, 0.3) is 0 Å². The number of anilines is 2. The highest BCUT2D eigenvalue weighted by atomic mass is 16.5. The predicted molar refractivity (Wildman–Crippen MR) is 94.1 cm³/mol. The first-order valence-electron chi connectivity index (χ1n) is 8.85. The Bertz CT molecular complexity index is 525. The number of unbranched alkanes of at least 4 members (excludes halogenated alkanes) is 2. The molecule has 0 aromatic carbocycles. The Hall–Kier alpha value is -1.89. The van der Waals surface area contributed by atoms with Crippen LogP contribution >= 0.6 is 0 Å². The van der Waals surface area contributed by atoms with Crippen molar-refractivity contribution in [3.63, 3.8) is 0 Å². The molecule has 0 radical (unpaired) electrons. The standard InChI is InChI=1S/C17H28N4O3/c1-3-5-7-20(8-6-4-2)15-13-14(16(22)23)18-17(19-15)21-9-11-24-12-10-21/h13H,3-12H2,1-2H3,(H,22,23). The smallest absolute Gasteiger partial charge is 0.354 e. The van der Waals surface area contributed by atoms with E-state index in [2.05, 4.69) is 28.7 Å². The molecule has 0 bridgehead atoms. The van der Waals surface area contributed by atoms with E-state index < -0.39 is 5.97 Å². The minimum atomic E-state index is -1.01. The van der Waals surface area contributed by atoms with E-state index in [0.717, 1.165) is 38.8 Å². The molecule has 0 saturated carbocycles. The Balaban J connectivity index is 2.30. The second kappa shape index (κ2) is 9.42. The van der Waals surface area contributed by atoms with Crippen LogP contribution in [-0.4, -0.2) is 60.4 Å². The van der Waals surface area contributed by atoms with Gasteiger partial charge in [-0.2, -0.15) is 4.98 Å². The van der Waals surface area contributed by atoms with Crippen molar-refractivity contribution >= 4 is 17.7 Å². The zero-order valence-electron chi connectivity index (χ0n) is 14.7. The molecule has 7 nitrogen and oxygen atoms in total. The van der Waals surface area contributed by atoms with Gasteiger partial charge in [0.15, 0.2) is 5.69 Å². The van der Waals surface area contributed by atoms with Crippen LogP contribution < -0.4 is 9.80 Å². The maximum absolute atomic E-state index is 11.5. The van der Waals surface area contributed by atoms with E-state index in [1.54, 1.807) is 6.07 Å². The zero-order chi connectivity index (χ0) is 17.4. The fourth-order valence-corrected chi connectivity index (χ4v) is 2.64. The fraction of sp³-hybridized carbons (Fsp3) is 0.706. The number of nitrogens with zero attached hydrogens (tertiary/aromatic N) is 4. The van der Waals surface area contributed by atoms with Gasteiger partial charge in [0.2, 0.25) is 5.95 Å². The van der Waals surface area contributed by atoms with Crippen molar-refractivity contribution in [2.75, 3.05) is 49.2 Å². The van der Waals surface area contributed by atoms with Gasteiger partial charge in [0.05, 0.1) is 13.2 Å². The summed E-state index contributed by atoms with van der Waals surface area (Å²) in [7, 11) is 0. The fourth-order valence-electron chi connectivity index (χ4n) is 2.64. The van der Waals surface area contributed by atoms with Crippen molar-refractivity contribution in [2.24, 2.45) is 0 Å². The van der Waals surface area contributed by atoms with Crippen molar-refractivity contribution in [2.45, 2.75) is 39.5 Å². The average molecular weight is 336 g/mol. The lowest BCUT2D eigenvalue weighted by atomic mass is 10.2. The number of carboxylic acids is 1. The molecule has 1 aromatic rings. The number of rotatable bonds is 9. The first kappa shape index (κ1) is 18.4. The lowest BCUT2D eigenvalue weighted by Gasteiger charge is -2.29. The van der Waals surface area contributed by atoms with Crippen molar-refractivity contribution in [1.82, 2.24) is 9.97 Å². The van der Waals surface area contributed by atoms with Gasteiger partial charge < -0.3 is 19.6 Å². The summed E-state index contributed by atoms with van der Waals surface area (Å²) in [5.41, 5.74) is 0.0551. The molecule has 0 amide bonds. The van der Waals surface area contributed by atoms with Crippen LogP contribution in [0.25, 0.3) is 0 Å². The van der Waals surface area contributed by atoms with Crippen molar-refractivity contribution in [3.05, 3.63) is 11.8 Å². The van der Waals surface area contributed by atoms with Crippen LogP contribution in [0.1, 0.15) is 50.0 Å². The number of hydrogen-bond donors (Lipinski definition) is 1. The highest BCUT2D eigenvalue weighted by Crippen LogP contribution is 2.20. The molecule has 1 aromatic heterocycles. The van der Waals surface area contributed by atoms with Gasteiger partial charge in [-0.3, -0.25) is 0 Å². The minimum Gasteiger partial charge on any atom is -0.477 e. The summed E-state index contributed by atoms with van der Waals surface area (Å²) in [6, 6.07) is 1.59. The molecule has 1 N–H and O–H groups in total. The number of hydrogen-bond acceptors (Lipinski definition) is 6. The first-order chi connectivity index (χ1) is 11.7. The summed E-state index contributed by atoms with van der Waals surface area (Å²) >= 11 is 0. The molecule has 0 aliphatic carbocycles. The molecular weight excluding hydrogens is 308 g/mol. The molecule has 2 rings (SSSR count). The van der Waals surface area contributed by atoms with Crippen LogP contribution in [0.15, 0.2) is 6.07 Å². The maximum atomic E-state index is 11.5. The zero-order valence-corrected chi connectivity index (χ0v) is 14.7. The van der Waals surface area contributed by atoms with Crippen LogP contribution in [0.4, 0.5) is 11.8 Å². The van der Waals surface area contributed by atoms with Gasteiger partial charge in [-0.1, -0.05) is 26.7 Å².